The van der Waals surface area contributed by atoms with Gasteiger partial charge in [-0.3, -0.25) is 0 Å². The Hall–Kier alpha value is -0.330. The van der Waals surface area contributed by atoms with Gasteiger partial charge in [0.1, 0.15) is 0 Å². The molecular formula is C14H20Cl2N2O2S. The molecule has 0 spiro atoms. The van der Waals surface area contributed by atoms with Gasteiger partial charge in [-0.2, -0.15) is 4.31 Å². The number of sulfonamides is 1. The molecule has 0 saturated carbocycles. The summed E-state index contributed by atoms with van der Waals surface area (Å²) in [6.45, 7) is 3.67. The van der Waals surface area contributed by atoms with Gasteiger partial charge in [-0.15, -0.1) is 0 Å². The molecular weight excluding hydrogens is 331 g/mol. The highest BCUT2D eigenvalue weighted by molar-refractivity contribution is 7.89. The first-order valence-corrected chi connectivity index (χ1v) is 9.16. The molecule has 2 rings (SSSR count). The normalized spacial score (nSPS) is 20.7. The lowest BCUT2D eigenvalue weighted by Crippen LogP contribution is -2.42. The molecule has 21 heavy (non-hydrogen) atoms. The van der Waals surface area contributed by atoms with Crippen molar-refractivity contribution >= 4 is 33.2 Å². The largest absolute Gasteiger partial charge is 0.319 e. The molecule has 1 unspecified atom stereocenters. The van der Waals surface area contributed by atoms with Crippen LogP contribution in [0.1, 0.15) is 18.4 Å². The van der Waals surface area contributed by atoms with Gasteiger partial charge in [0, 0.05) is 23.1 Å². The van der Waals surface area contributed by atoms with Gasteiger partial charge in [0.2, 0.25) is 10.0 Å². The SMILES string of the molecule is CNCC1CCCN(S(=O)(=O)c2cc(Cl)c(C)c(Cl)c2)C1. The molecule has 0 bridgehead atoms. The number of nitrogens with one attached hydrogen (secondary N) is 1. The lowest BCUT2D eigenvalue weighted by atomic mass is 10.00. The summed E-state index contributed by atoms with van der Waals surface area (Å²) in [6.07, 6.45) is 1.92. The lowest BCUT2D eigenvalue weighted by molar-refractivity contribution is 0.263. The Morgan fingerprint density at radius 1 is 1.33 bits per heavy atom. The summed E-state index contributed by atoms with van der Waals surface area (Å²) < 4.78 is 27.0. The van der Waals surface area contributed by atoms with Crippen LogP contribution in [-0.4, -0.2) is 39.4 Å². The second-order valence-corrected chi connectivity index (χ2v) is 8.19. The molecule has 1 saturated heterocycles. The highest BCUT2D eigenvalue weighted by Gasteiger charge is 2.30. The standard InChI is InChI=1S/C14H20Cl2N2O2S/c1-10-13(15)6-12(7-14(10)16)21(19,20)18-5-3-4-11(9-18)8-17-2/h6-7,11,17H,3-5,8-9H2,1-2H3. The minimum atomic E-state index is -3.54. The van der Waals surface area contributed by atoms with Crippen LogP contribution in [0.25, 0.3) is 0 Å². The highest BCUT2D eigenvalue weighted by Crippen LogP contribution is 2.30. The van der Waals surface area contributed by atoms with Gasteiger partial charge in [-0.25, -0.2) is 8.42 Å². The highest BCUT2D eigenvalue weighted by atomic mass is 35.5. The van der Waals surface area contributed by atoms with E-state index in [1.54, 1.807) is 6.92 Å². The minimum absolute atomic E-state index is 0.174. The Labute approximate surface area is 136 Å². The molecule has 1 aliphatic heterocycles. The molecule has 0 radical (unpaired) electrons. The van der Waals surface area contributed by atoms with E-state index < -0.39 is 10.0 Å². The molecule has 0 aliphatic carbocycles. The van der Waals surface area contributed by atoms with E-state index in [2.05, 4.69) is 5.32 Å². The summed E-state index contributed by atoms with van der Waals surface area (Å²) in [6, 6.07) is 2.97. The molecule has 1 aromatic rings. The summed E-state index contributed by atoms with van der Waals surface area (Å²) in [7, 11) is -1.66. The molecule has 1 N–H and O–H groups in total. The maximum Gasteiger partial charge on any atom is 0.243 e. The average molecular weight is 351 g/mol. The summed E-state index contributed by atoms with van der Waals surface area (Å²) >= 11 is 12.1. The zero-order valence-corrected chi connectivity index (χ0v) is 14.5. The molecule has 1 atom stereocenters. The van der Waals surface area contributed by atoms with Crippen molar-refractivity contribution in [1.82, 2.24) is 9.62 Å². The third-order valence-electron chi connectivity index (χ3n) is 3.87. The molecule has 1 aromatic carbocycles. The Bertz CT molecular complexity index is 594. The van der Waals surface area contributed by atoms with Gasteiger partial charge in [-0.05, 0) is 57.0 Å². The van der Waals surface area contributed by atoms with Crippen molar-refractivity contribution in [2.24, 2.45) is 5.92 Å². The number of benzene rings is 1. The molecule has 4 nitrogen and oxygen atoms in total. The summed E-state index contributed by atoms with van der Waals surface area (Å²) in [4.78, 5) is 0.174. The second kappa shape index (κ2) is 6.84. The van der Waals surface area contributed by atoms with Gasteiger partial charge < -0.3 is 5.32 Å². The molecule has 1 heterocycles. The fourth-order valence-electron chi connectivity index (χ4n) is 2.62. The van der Waals surface area contributed by atoms with Crippen molar-refractivity contribution in [2.75, 3.05) is 26.7 Å². The zero-order valence-electron chi connectivity index (χ0n) is 12.2. The van der Waals surface area contributed by atoms with Gasteiger partial charge in [0.25, 0.3) is 0 Å². The number of rotatable bonds is 4. The summed E-state index contributed by atoms with van der Waals surface area (Å²) in [5.74, 6) is 0.343. The van der Waals surface area contributed by atoms with Crippen molar-refractivity contribution in [3.05, 3.63) is 27.7 Å². The van der Waals surface area contributed by atoms with Crippen LogP contribution in [0.2, 0.25) is 10.0 Å². The van der Waals surface area contributed by atoms with Crippen LogP contribution < -0.4 is 5.32 Å². The molecule has 0 amide bonds. The predicted molar refractivity (Wildman–Crippen MR) is 86.6 cm³/mol. The second-order valence-electron chi connectivity index (χ2n) is 5.44. The van der Waals surface area contributed by atoms with E-state index >= 15 is 0 Å². The molecule has 118 valence electrons. The third kappa shape index (κ3) is 3.71. The van der Waals surface area contributed by atoms with Crippen LogP contribution in [0.3, 0.4) is 0 Å². The van der Waals surface area contributed by atoms with E-state index in [0.29, 0.717) is 34.6 Å². The van der Waals surface area contributed by atoms with Crippen molar-refractivity contribution in [2.45, 2.75) is 24.7 Å². The molecule has 1 fully saturated rings. The monoisotopic (exact) mass is 350 g/mol. The van der Waals surface area contributed by atoms with E-state index in [4.69, 9.17) is 23.2 Å². The van der Waals surface area contributed by atoms with Gasteiger partial charge >= 0.3 is 0 Å². The van der Waals surface area contributed by atoms with Crippen LogP contribution in [0, 0.1) is 12.8 Å². The van der Waals surface area contributed by atoms with E-state index in [1.807, 2.05) is 7.05 Å². The first-order chi connectivity index (χ1) is 9.86. The smallest absolute Gasteiger partial charge is 0.243 e. The first kappa shape index (κ1) is 17.0. The topological polar surface area (TPSA) is 49.4 Å². The maximum atomic E-state index is 12.7. The first-order valence-electron chi connectivity index (χ1n) is 6.96. The van der Waals surface area contributed by atoms with Gasteiger partial charge in [0.05, 0.1) is 4.90 Å². The van der Waals surface area contributed by atoms with E-state index in [-0.39, 0.29) is 4.90 Å². The third-order valence-corrected chi connectivity index (χ3v) is 6.49. The van der Waals surface area contributed by atoms with Crippen LogP contribution in [0.15, 0.2) is 17.0 Å². The Morgan fingerprint density at radius 2 is 1.95 bits per heavy atom. The van der Waals surface area contributed by atoms with E-state index in [0.717, 1.165) is 19.4 Å². The number of hydrogen-bond donors (Lipinski definition) is 1. The van der Waals surface area contributed by atoms with E-state index in [1.165, 1.54) is 16.4 Å². The van der Waals surface area contributed by atoms with Crippen LogP contribution in [0.5, 0.6) is 0 Å². The summed E-state index contributed by atoms with van der Waals surface area (Å²) in [5, 5.41) is 3.87. The van der Waals surface area contributed by atoms with Gasteiger partial charge in [0.15, 0.2) is 0 Å². The minimum Gasteiger partial charge on any atom is -0.319 e. The van der Waals surface area contributed by atoms with Crippen molar-refractivity contribution in [1.29, 1.82) is 0 Å². The molecule has 7 heteroatoms. The molecule has 0 aromatic heterocycles. The van der Waals surface area contributed by atoms with Crippen molar-refractivity contribution in [3.8, 4) is 0 Å². The average Bonchev–Trinajstić information content (AvgIpc) is 2.45. The van der Waals surface area contributed by atoms with Crippen LogP contribution >= 0.6 is 23.2 Å². The Morgan fingerprint density at radius 3 is 2.52 bits per heavy atom. The number of halogens is 2. The predicted octanol–water partition coefficient (Wildman–Crippen LogP) is 2.92. The van der Waals surface area contributed by atoms with Crippen molar-refractivity contribution in [3.63, 3.8) is 0 Å². The van der Waals surface area contributed by atoms with Gasteiger partial charge in [-0.1, -0.05) is 23.2 Å². The summed E-state index contributed by atoms with van der Waals surface area (Å²) in [5.41, 5.74) is 0.698. The quantitative estimate of drug-likeness (QED) is 0.908. The Balaban J connectivity index is 2.29. The lowest BCUT2D eigenvalue weighted by Gasteiger charge is -2.32. The number of nitrogens with zero attached hydrogens (tertiary/aromatic N) is 1. The van der Waals surface area contributed by atoms with Crippen LogP contribution in [0.4, 0.5) is 0 Å². The van der Waals surface area contributed by atoms with Crippen LogP contribution in [-0.2, 0) is 10.0 Å². The zero-order chi connectivity index (χ0) is 15.6. The fraction of sp³-hybridized carbons (Fsp3) is 0.571. The fourth-order valence-corrected chi connectivity index (χ4v) is 4.85. The van der Waals surface area contributed by atoms with E-state index in [9.17, 15) is 8.42 Å². The number of piperidine rings is 1. The Kier molecular flexibility index (Phi) is 5.54. The molecule has 1 aliphatic rings. The maximum absolute atomic E-state index is 12.7. The van der Waals surface area contributed by atoms with Crippen molar-refractivity contribution < 1.29 is 8.42 Å². The number of hydrogen-bond acceptors (Lipinski definition) is 3.